The van der Waals surface area contributed by atoms with Crippen LogP contribution in [0.25, 0.3) is 0 Å². The van der Waals surface area contributed by atoms with Gasteiger partial charge in [0, 0.05) is 23.5 Å². The molecule has 0 fully saturated rings. The summed E-state index contributed by atoms with van der Waals surface area (Å²) < 4.78 is 1.84. The van der Waals surface area contributed by atoms with Crippen LogP contribution in [0.15, 0.2) is 29.1 Å². The highest BCUT2D eigenvalue weighted by Gasteiger charge is 2.27. The molecule has 0 saturated heterocycles. The van der Waals surface area contributed by atoms with E-state index in [9.17, 15) is 4.79 Å². The summed E-state index contributed by atoms with van der Waals surface area (Å²) in [6, 6.07) is 8.40. The number of hydrogen-bond acceptors (Lipinski definition) is 5. The molecule has 1 aliphatic rings. The number of aryl methyl sites for hydroxylation is 2. The smallest absolute Gasteiger partial charge is 0.259 e. The lowest BCUT2D eigenvalue weighted by Crippen LogP contribution is -2.48. The first-order valence-electron chi connectivity index (χ1n) is 9.72. The topological polar surface area (TPSA) is 44.6 Å². The molecule has 0 saturated carbocycles. The van der Waals surface area contributed by atoms with Gasteiger partial charge in [0.2, 0.25) is 5.95 Å². The van der Waals surface area contributed by atoms with Crippen LogP contribution in [0.2, 0.25) is 0 Å². The Labute approximate surface area is 162 Å². The number of benzene rings is 1. The molecule has 2 heterocycles. The van der Waals surface area contributed by atoms with Gasteiger partial charge in [0.1, 0.15) is 0 Å². The molecule has 0 spiro atoms. The molecule has 3 rings (SSSR count). The Morgan fingerprint density at radius 3 is 2.63 bits per heavy atom. The van der Waals surface area contributed by atoms with Crippen LogP contribution in [0.5, 0.6) is 0 Å². The number of rotatable bonds is 6. The fourth-order valence-corrected chi connectivity index (χ4v) is 3.68. The first kappa shape index (κ1) is 19.6. The van der Waals surface area contributed by atoms with Crippen molar-refractivity contribution in [1.82, 2.24) is 19.4 Å². The Morgan fingerprint density at radius 2 is 1.96 bits per heavy atom. The third-order valence-corrected chi connectivity index (χ3v) is 5.12. The molecule has 0 radical (unpaired) electrons. The highest BCUT2D eigenvalue weighted by molar-refractivity contribution is 5.59. The second-order valence-electron chi connectivity index (χ2n) is 7.66. The standard InChI is InChI=1S/C21H31N5O/c1-6-19-17(3)22-21-25(18-10-7-9-16(2)13-18)14-24(12-8-11-23(4)5)15-26(21)20(19)27/h7,9-10,13H,6,8,11-12,14-15H2,1-5H3. The minimum absolute atomic E-state index is 0.0926. The summed E-state index contributed by atoms with van der Waals surface area (Å²) in [5.74, 6) is 0.754. The molecule has 0 N–H and O–H groups in total. The summed E-state index contributed by atoms with van der Waals surface area (Å²) in [7, 11) is 4.19. The van der Waals surface area contributed by atoms with E-state index in [-0.39, 0.29) is 5.56 Å². The van der Waals surface area contributed by atoms with Gasteiger partial charge in [-0.3, -0.25) is 19.2 Å². The van der Waals surface area contributed by atoms with Gasteiger partial charge in [-0.25, -0.2) is 4.98 Å². The van der Waals surface area contributed by atoms with E-state index >= 15 is 0 Å². The molecule has 0 amide bonds. The summed E-state index contributed by atoms with van der Waals surface area (Å²) in [4.78, 5) is 24.6. The van der Waals surface area contributed by atoms with Crippen molar-refractivity contribution in [2.75, 3.05) is 38.8 Å². The minimum atomic E-state index is 0.0926. The zero-order valence-corrected chi connectivity index (χ0v) is 17.2. The summed E-state index contributed by atoms with van der Waals surface area (Å²) in [5, 5.41) is 0. The maximum atomic E-state index is 13.1. The number of anilines is 2. The first-order valence-corrected chi connectivity index (χ1v) is 9.72. The Kier molecular flexibility index (Phi) is 5.97. The molecule has 1 aromatic heterocycles. The molecule has 1 aromatic carbocycles. The summed E-state index contributed by atoms with van der Waals surface area (Å²) in [5.41, 5.74) is 4.03. The Morgan fingerprint density at radius 1 is 1.19 bits per heavy atom. The van der Waals surface area contributed by atoms with Crippen molar-refractivity contribution in [3.8, 4) is 0 Å². The molecule has 0 unspecified atom stereocenters. The maximum absolute atomic E-state index is 13.1. The van der Waals surface area contributed by atoms with Gasteiger partial charge in [-0.15, -0.1) is 0 Å². The van der Waals surface area contributed by atoms with Gasteiger partial charge in [-0.05, 0) is 65.0 Å². The van der Waals surface area contributed by atoms with Crippen LogP contribution in [0.1, 0.15) is 30.2 Å². The van der Waals surface area contributed by atoms with E-state index in [2.05, 4.69) is 60.0 Å². The summed E-state index contributed by atoms with van der Waals surface area (Å²) >= 11 is 0. The highest BCUT2D eigenvalue weighted by Crippen LogP contribution is 2.28. The average molecular weight is 370 g/mol. The molecule has 2 aromatic rings. The van der Waals surface area contributed by atoms with Crippen molar-refractivity contribution in [2.24, 2.45) is 0 Å². The van der Waals surface area contributed by atoms with Gasteiger partial charge in [-0.2, -0.15) is 0 Å². The summed E-state index contributed by atoms with van der Waals surface area (Å²) in [6.07, 6.45) is 1.78. The fraction of sp³-hybridized carbons (Fsp3) is 0.524. The maximum Gasteiger partial charge on any atom is 0.259 e. The van der Waals surface area contributed by atoms with Crippen molar-refractivity contribution in [3.05, 3.63) is 51.4 Å². The van der Waals surface area contributed by atoms with Gasteiger partial charge in [-0.1, -0.05) is 19.1 Å². The van der Waals surface area contributed by atoms with Crippen molar-refractivity contribution in [3.63, 3.8) is 0 Å². The number of hydrogen-bond donors (Lipinski definition) is 0. The van der Waals surface area contributed by atoms with Gasteiger partial charge in [0.25, 0.3) is 5.56 Å². The van der Waals surface area contributed by atoms with Crippen LogP contribution in [0.3, 0.4) is 0 Å². The van der Waals surface area contributed by atoms with Crippen molar-refractivity contribution in [1.29, 1.82) is 0 Å². The predicted octanol–water partition coefficient (Wildman–Crippen LogP) is 2.74. The molecule has 0 bridgehead atoms. The minimum Gasteiger partial charge on any atom is -0.309 e. The van der Waals surface area contributed by atoms with Crippen LogP contribution in [-0.4, -0.2) is 53.2 Å². The number of aromatic nitrogens is 2. The summed E-state index contributed by atoms with van der Waals surface area (Å²) in [6.45, 7) is 9.39. The zero-order chi connectivity index (χ0) is 19.6. The predicted molar refractivity (Wildman–Crippen MR) is 111 cm³/mol. The largest absolute Gasteiger partial charge is 0.309 e. The molecule has 0 atom stereocenters. The van der Waals surface area contributed by atoms with E-state index in [1.165, 1.54) is 5.56 Å². The highest BCUT2D eigenvalue weighted by atomic mass is 16.1. The molecule has 27 heavy (non-hydrogen) atoms. The molecule has 6 heteroatoms. The molecule has 1 aliphatic heterocycles. The molecule has 6 nitrogen and oxygen atoms in total. The Bertz CT molecular complexity index is 858. The third kappa shape index (κ3) is 4.22. The lowest BCUT2D eigenvalue weighted by molar-refractivity contribution is 0.189. The van der Waals surface area contributed by atoms with Crippen molar-refractivity contribution >= 4 is 11.6 Å². The third-order valence-electron chi connectivity index (χ3n) is 5.12. The van der Waals surface area contributed by atoms with E-state index in [0.29, 0.717) is 13.1 Å². The second-order valence-corrected chi connectivity index (χ2v) is 7.66. The monoisotopic (exact) mass is 369 g/mol. The van der Waals surface area contributed by atoms with E-state index in [4.69, 9.17) is 4.98 Å². The van der Waals surface area contributed by atoms with Crippen molar-refractivity contribution < 1.29 is 0 Å². The van der Waals surface area contributed by atoms with E-state index in [1.54, 1.807) is 0 Å². The van der Waals surface area contributed by atoms with Crippen molar-refractivity contribution in [2.45, 2.75) is 40.3 Å². The second kappa shape index (κ2) is 8.23. The van der Waals surface area contributed by atoms with E-state index in [1.807, 2.05) is 18.4 Å². The number of nitrogens with zero attached hydrogens (tertiary/aromatic N) is 5. The van der Waals surface area contributed by atoms with E-state index in [0.717, 1.165) is 49.1 Å². The molecular weight excluding hydrogens is 338 g/mol. The lowest BCUT2D eigenvalue weighted by Gasteiger charge is -2.38. The SMILES string of the molecule is CCc1c(C)nc2n(c1=O)CN(CCCN(C)C)CN2c1cccc(C)c1. The zero-order valence-electron chi connectivity index (χ0n) is 17.2. The quantitative estimate of drug-likeness (QED) is 0.783. The van der Waals surface area contributed by atoms with Crippen LogP contribution in [0.4, 0.5) is 11.6 Å². The van der Waals surface area contributed by atoms with Crippen LogP contribution >= 0.6 is 0 Å². The molecule has 0 aliphatic carbocycles. The van der Waals surface area contributed by atoms with E-state index < -0.39 is 0 Å². The lowest BCUT2D eigenvalue weighted by atomic mass is 10.2. The van der Waals surface area contributed by atoms with Gasteiger partial charge < -0.3 is 4.90 Å². The molecular formula is C21H31N5O. The molecule has 146 valence electrons. The van der Waals surface area contributed by atoms with Crippen LogP contribution in [-0.2, 0) is 13.1 Å². The average Bonchev–Trinajstić information content (AvgIpc) is 2.62. The first-order chi connectivity index (χ1) is 12.9. The van der Waals surface area contributed by atoms with Crippen LogP contribution in [0, 0.1) is 13.8 Å². The van der Waals surface area contributed by atoms with Gasteiger partial charge in [0.15, 0.2) is 0 Å². The van der Waals surface area contributed by atoms with Crippen LogP contribution < -0.4 is 10.5 Å². The van der Waals surface area contributed by atoms with Gasteiger partial charge >= 0.3 is 0 Å². The van der Waals surface area contributed by atoms with Gasteiger partial charge in [0.05, 0.1) is 13.3 Å². The Balaban J connectivity index is 2.01. The number of fused-ring (bicyclic) bond motifs is 1. The fourth-order valence-electron chi connectivity index (χ4n) is 3.68. The normalized spacial score (nSPS) is 14.7. The Hall–Kier alpha value is -2.18.